The van der Waals surface area contributed by atoms with Gasteiger partial charge in [0.2, 0.25) is 0 Å². The van der Waals surface area contributed by atoms with E-state index >= 15 is 0 Å². The van der Waals surface area contributed by atoms with Gasteiger partial charge in [0, 0.05) is 6.07 Å². The molecule has 1 aromatic heterocycles. The predicted octanol–water partition coefficient (Wildman–Crippen LogP) is 3.29. The second kappa shape index (κ2) is 4.36. The van der Waals surface area contributed by atoms with E-state index in [0.29, 0.717) is 3.70 Å². The highest BCUT2D eigenvalue weighted by Crippen LogP contribution is 2.33. The summed E-state index contributed by atoms with van der Waals surface area (Å²) in [4.78, 5) is 3.61. The molecule has 1 rings (SSSR count). The molecule has 0 bridgehead atoms. The molecule has 2 nitrogen and oxygen atoms in total. The molecule has 0 N–H and O–H groups in total. The molecule has 0 spiro atoms. The molecule has 1 heterocycles. The maximum absolute atomic E-state index is 12.3. The van der Waals surface area contributed by atoms with Crippen LogP contribution in [-0.4, -0.2) is 12.1 Å². The third kappa shape index (κ3) is 2.40. The van der Waals surface area contributed by atoms with E-state index in [1.54, 1.807) is 0 Å². The summed E-state index contributed by atoms with van der Waals surface area (Å²) in [5, 5.41) is -0.127. The lowest BCUT2D eigenvalue weighted by molar-refractivity contribution is 0.145. The molecule has 0 amide bonds. The van der Waals surface area contributed by atoms with Gasteiger partial charge < -0.3 is 4.74 Å². The van der Waals surface area contributed by atoms with Crippen molar-refractivity contribution in [2.45, 2.75) is 6.43 Å². The lowest BCUT2D eigenvalue weighted by atomic mass is 10.3. The van der Waals surface area contributed by atoms with E-state index in [1.165, 1.54) is 13.2 Å². The number of rotatable bonds is 2. The van der Waals surface area contributed by atoms with Crippen LogP contribution in [0.1, 0.15) is 12.1 Å². The van der Waals surface area contributed by atoms with Crippen LogP contribution in [0.3, 0.4) is 0 Å². The average molecular weight is 319 g/mol. The minimum atomic E-state index is -2.68. The monoisotopic (exact) mass is 319 g/mol. The Labute approximate surface area is 92.4 Å². The lowest BCUT2D eigenvalue weighted by Gasteiger charge is -2.07. The molecular formula is C7H5ClF2INO. The molecule has 0 aliphatic heterocycles. The number of hydrogen-bond acceptors (Lipinski definition) is 2. The number of nitrogens with zero attached hydrogens (tertiary/aromatic N) is 1. The predicted molar refractivity (Wildman–Crippen MR) is 53.5 cm³/mol. The zero-order valence-corrected chi connectivity index (χ0v) is 9.44. The van der Waals surface area contributed by atoms with Gasteiger partial charge in [-0.15, -0.1) is 0 Å². The van der Waals surface area contributed by atoms with Gasteiger partial charge in [0.15, 0.2) is 0 Å². The third-order valence-corrected chi connectivity index (χ3v) is 2.28. The second-order valence-electron chi connectivity index (χ2n) is 2.15. The molecule has 1 aromatic rings. The topological polar surface area (TPSA) is 22.1 Å². The summed E-state index contributed by atoms with van der Waals surface area (Å²) < 4.78 is 29.9. The summed E-state index contributed by atoms with van der Waals surface area (Å²) in [7, 11) is 1.37. The van der Waals surface area contributed by atoms with E-state index in [-0.39, 0.29) is 10.8 Å². The van der Waals surface area contributed by atoms with E-state index < -0.39 is 12.1 Å². The Morgan fingerprint density at radius 1 is 1.62 bits per heavy atom. The van der Waals surface area contributed by atoms with Crippen LogP contribution in [0.25, 0.3) is 0 Å². The van der Waals surface area contributed by atoms with Crippen molar-refractivity contribution in [1.29, 1.82) is 0 Å². The summed E-state index contributed by atoms with van der Waals surface area (Å²) in [6.07, 6.45) is -2.68. The Morgan fingerprint density at radius 3 is 2.69 bits per heavy atom. The zero-order chi connectivity index (χ0) is 10.0. The Kier molecular flexibility index (Phi) is 3.66. The average Bonchev–Trinajstić information content (AvgIpc) is 2.08. The van der Waals surface area contributed by atoms with Crippen LogP contribution in [-0.2, 0) is 0 Å². The van der Waals surface area contributed by atoms with Crippen molar-refractivity contribution >= 4 is 34.2 Å². The second-order valence-corrected chi connectivity index (χ2v) is 3.63. The first-order chi connectivity index (χ1) is 6.06. The molecule has 6 heteroatoms. The van der Waals surface area contributed by atoms with Gasteiger partial charge in [-0.2, -0.15) is 0 Å². The molecule has 0 radical (unpaired) electrons. The molecule has 0 fully saturated rings. The van der Waals surface area contributed by atoms with Crippen molar-refractivity contribution < 1.29 is 13.5 Å². The third-order valence-electron chi connectivity index (χ3n) is 1.35. The number of hydrogen-bond donors (Lipinski definition) is 0. The first-order valence-electron chi connectivity index (χ1n) is 3.24. The van der Waals surface area contributed by atoms with Crippen LogP contribution < -0.4 is 4.74 Å². The van der Waals surface area contributed by atoms with Gasteiger partial charge in [-0.05, 0) is 22.6 Å². The van der Waals surface area contributed by atoms with Gasteiger partial charge in [-0.1, -0.05) is 11.6 Å². The smallest absolute Gasteiger partial charge is 0.282 e. The Balaban J connectivity index is 3.27. The minimum absolute atomic E-state index is 0.127. The van der Waals surface area contributed by atoms with Crippen molar-refractivity contribution in [2.24, 2.45) is 0 Å². The van der Waals surface area contributed by atoms with Crippen LogP contribution in [0.4, 0.5) is 8.78 Å². The van der Waals surface area contributed by atoms with E-state index in [2.05, 4.69) is 4.98 Å². The van der Waals surface area contributed by atoms with Gasteiger partial charge in [0.05, 0.1) is 7.11 Å². The van der Waals surface area contributed by atoms with Gasteiger partial charge >= 0.3 is 0 Å². The molecule has 0 aliphatic carbocycles. The quantitative estimate of drug-likeness (QED) is 0.616. The fourth-order valence-corrected chi connectivity index (χ4v) is 1.59. The number of pyridine rings is 1. The molecule has 72 valence electrons. The summed E-state index contributed by atoms with van der Waals surface area (Å²) in [5.74, 6) is 0.219. The highest BCUT2D eigenvalue weighted by Gasteiger charge is 2.18. The van der Waals surface area contributed by atoms with Crippen LogP contribution in [0.5, 0.6) is 5.75 Å². The van der Waals surface area contributed by atoms with E-state index in [4.69, 9.17) is 16.3 Å². The van der Waals surface area contributed by atoms with Gasteiger partial charge in [0.1, 0.15) is 20.2 Å². The number of alkyl halides is 2. The highest BCUT2D eigenvalue weighted by molar-refractivity contribution is 14.1. The zero-order valence-electron chi connectivity index (χ0n) is 6.52. The Morgan fingerprint density at radius 2 is 2.23 bits per heavy atom. The molecule has 0 atom stereocenters. The SMILES string of the molecule is COc1cc(I)nc(C(F)F)c1Cl. The van der Waals surface area contributed by atoms with Crippen LogP contribution in [0, 0.1) is 3.70 Å². The van der Waals surface area contributed by atoms with Crippen LogP contribution in [0.15, 0.2) is 6.07 Å². The molecule has 0 unspecified atom stereocenters. The van der Waals surface area contributed by atoms with Crippen molar-refractivity contribution in [3.8, 4) is 5.75 Å². The summed E-state index contributed by atoms with van der Waals surface area (Å²) in [6, 6.07) is 1.49. The van der Waals surface area contributed by atoms with Crippen molar-refractivity contribution in [1.82, 2.24) is 4.98 Å². The highest BCUT2D eigenvalue weighted by atomic mass is 127. The normalized spacial score (nSPS) is 10.6. The fraction of sp³-hybridized carbons (Fsp3) is 0.286. The van der Waals surface area contributed by atoms with E-state index in [0.717, 1.165) is 0 Å². The van der Waals surface area contributed by atoms with Gasteiger partial charge in [-0.25, -0.2) is 13.8 Å². The number of methoxy groups -OCH3 is 1. The maximum Gasteiger partial charge on any atom is 0.282 e. The summed E-state index contributed by atoms with van der Waals surface area (Å²) in [5.41, 5.74) is -0.439. The lowest BCUT2D eigenvalue weighted by Crippen LogP contribution is -1.97. The van der Waals surface area contributed by atoms with Crippen LogP contribution >= 0.6 is 34.2 Å². The molecule has 0 aromatic carbocycles. The first-order valence-corrected chi connectivity index (χ1v) is 4.70. The fourth-order valence-electron chi connectivity index (χ4n) is 0.787. The molecule has 0 saturated heterocycles. The van der Waals surface area contributed by atoms with Crippen LogP contribution in [0.2, 0.25) is 5.02 Å². The van der Waals surface area contributed by atoms with Gasteiger partial charge in [0.25, 0.3) is 6.43 Å². The molecule has 0 aliphatic rings. The van der Waals surface area contributed by atoms with Gasteiger partial charge in [-0.3, -0.25) is 0 Å². The van der Waals surface area contributed by atoms with Crippen molar-refractivity contribution in [3.63, 3.8) is 0 Å². The first kappa shape index (κ1) is 10.9. The number of halogens is 4. The van der Waals surface area contributed by atoms with Crippen molar-refractivity contribution in [2.75, 3.05) is 7.11 Å². The van der Waals surface area contributed by atoms with Crippen molar-refractivity contribution in [3.05, 3.63) is 20.5 Å². The largest absolute Gasteiger partial charge is 0.495 e. The van der Waals surface area contributed by atoms with E-state index in [1.807, 2.05) is 22.6 Å². The standard InChI is InChI=1S/C7H5ClF2INO/c1-13-3-2-4(11)12-6(5(3)8)7(9)10/h2,7H,1H3. The molecule has 13 heavy (non-hydrogen) atoms. The number of ether oxygens (including phenoxy) is 1. The summed E-state index contributed by atoms with van der Waals surface area (Å²) in [6.45, 7) is 0. The molecular weight excluding hydrogens is 314 g/mol. The maximum atomic E-state index is 12.3. The minimum Gasteiger partial charge on any atom is -0.495 e. The summed E-state index contributed by atoms with van der Waals surface area (Å²) >= 11 is 7.43. The molecule has 0 saturated carbocycles. The number of aromatic nitrogens is 1. The Bertz CT molecular complexity index is 322. The van der Waals surface area contributed by atoms with E-state index in [9.17, 15) is 8.78 Å². The Hall–Kier alpha value is -0.170.